The molecule has 2 aromatic heterocycles. The van der Waals surface area contributed by atoms with Crippen molar-refractivity contribution in [3.63, 3.8) is 0 Å². The molecular formula is C34H22N4O. The highest BCUT2D eigenvalue weighted by Gasteiger charge is 2.23. The lowest BCUT2D eigenvalue weighted by molar-refractivity contribution is 0.668. The van der Waals surface area contributed by atoms with Crippen LogP contribution in [0, 0.1) is 0 Å². The second kappa shape index (κ2) is 8.64. The van der Waals surface area contributed by atoms with Gasteiger partial charge in [0, 0.05) is 39.5 Å². The van der Waals surface area contributed by atoms with Gasteiger partial charge >= 0.3 is 0 Å². The number of nitrogens with zero attached hydrogens (tertiary/aromatic N) is 3. The van der Waals surface area contributed by atoms with Crippen LogP contribution in [-0.4, -0.2) is 16.7 Å². The molecule has 184 valence electrons. The fourth-order valence-corrected chi connectivity index (χ4v) is 5.44. The van der Waals surface area contributed by atoms with E-state index in [9.17, 15) is 0 Å². The molecule has 7 aromatic rings. The van der Waals surface area contributed by atoms with E-state index in [1.165, 1.54) is 10.8 Å². The van der Waals surface area contributed by atoms with Crippen LogP contribution in [-0.2, 0) is 0 Å². The molecule has 39 heavy (non-hydrogen) atoms. The SMILES string of the molecule is c1ccc(C2=NC(c3cccc4oc5cc6ncccc6cc5c34)=NC(c3ccc4ccccc4c3)N2)cc1. The third kappa shape index (κ3) is 3.67. The molecule has 0 bridgehead atoms. The van der Waals surface area contributed by atoms with Crippen molar-refractivity contribution < 1.29 is 4.42 Å². The molecule has 5 nitrogen and oxygen atoms in total. The van der Waals surface area contributed by atoms with E-state index in [0.717, 1.165) is 55.4 Å². The van der Waals surface area contributed by atoms with Crippen LogP contribution in [0.1, 0.15) is 22.9 Å². The van der Waals surface area contributed by atoms with Crippen LogP contribution in [0.3, 0.4) is 0 Å². The minimum atomic E-state index is -0.296. The zero-order valence-electron chi connectivity index (χ0n) is 20.9. The highest BCUT2D eigenvalue weighted by molar-refractivity contribution is 6.22. The number of furan rings is 1. The lowest BCUT2D eigenvalue weighted by atomic mass is 10.0. The van der Waals surface area contributed by atoms with E-state index in [-0.39, 0.29) is 6.17 Å². The first kappa shape index (κ1) is 21.8. The van der Waals surface area contributed by atoms with Crippen LogP contribution in [0.4, 0.5) is 0 Å². The number of benzene rings is 5. The molecule has 1 aliphatic rings. The molecule has 0 aliphatic carbocycles. The van der Waals surface area contributed by atoms with E-state index < -0.39 is 0 Å². The first-order chi connectivity index (χ1) is 19.3. The molecule has 5 heteroatoms. The summed E-state index contributed by atoms with van der Waals surface area (Å²) in [6, 6.07) is 39.4. The highest BCUT2D eigenvalue weighted by Crippen LogP contribution is 2.35. The summed E-state index contributed by atoms with van der Waals surface area (Å²) in [4.78, 5) is 14.7. The molecule has 0 saturated carbocycles. The average molecular weight is 503 g/mol. The van der Waals surface area contributed by atoms with Gasteiger partial charge in [-0.25, -0.2) is 9.98 Å². The van der Waals surface area contributed by atoms with Crippen LogP contribution in [0.25, 0.3) is 43.6 Å². The first-order valence-electron chi connectivity index (χ1n) is 13.0. The number of aromatic nitrogens is 1. The zero-order chi connectivity index (χ0) is 25.8. The van der Waals surface area contributed by atoms with E-state index in [4.69, 9.17) is 14.4 Å². The molecule has 5 aromatic carbocycles. The second-order valence-electron chi connectivity index (χ2n) is 9.76. The summed E-state index contributed by atoms with van der Waals surface area (Å²) < 4.78 is 6.30. The maximum Gasteiger partial charge on any atom is 0.160 e. The van der Waals surface area contributed by atoms with Crippen molar-refractivity contribution in [2.45, 2.75) is 6.17 Å². The minimum Gasteiger partial charge on any atom is -0.456 e. The summed E-state index contributed by atoms with van der Waals surface area (Å²) in [5.74, 6) is 1.46. The summed E-state index contributed by atoms with van der Waals surface area (Å²) in [5, 5.41) is 9.07. The molecule has 0 fully saturated rings. The van der Waals surface area contributed by atoms with Gasteiger partial charge < -0.3 is 9.73 Å². The predicted octanol–water partition coefficient (Wildman–Crippen LogP) is 7.78. The minimum absolute atomic E-state index is 0.296. The van der Waals surface area contributed by atoms with Crippen molar-refractivity contribution in [3.8, 4) is 0 Å². The van der Waals surface area contributed by atoms with Gasteiger partial charge in [-0.3, -0.25) is 4.98 Å². The van der Waals surface area contributed by atoms with Gasteiger partial charge in [0.05, 0.1) is 5.52 Å². The number of aliphatic imine (C=N–C) groups is 2. The fourth-order valence-electron chi connectivity index (χ4n) is 5.44. The van der Waals surface area contributed by atoms with Gasteiger partial charge in [0.1, 0.15) is 23.2 Å². The molecule has 1 atom stereocenters. The van der Waals surface area contributed by atoms with Gasteiger partial charge in [-0.2, -0.15) is 0 Å². The summed E-state index contributed by atoms with van der Waals surface area (Å²) >= 11 is 0. The number of pyridine rings is 1. The number of hydrogen-bond acceptors (Lipinski definition) is 5. The van der Waals surface area contributed by atoms with Gasteiger partial charge in [0.2, 0.25) is 0 Å². The second-order valence-corrected chi connectivity index (χ2v) is 9.76. The molecule has 3 heterocycles. The topological polar surface area (TPSA) is 62.8 Å². The molecule has 1 unspecified atom stereocenters. The van der Waals surface area contributed by atoms with Crippen LogP contribution >= 0.6 is 0 Å². The van der Waals surface area contributed by atoms with Crippen molar-refractivity contribution in [1.82, 2.24) is 10.3 Å². The molecule has 0 radical (unpaired) electrons. The van der Waals surface area contributed by atoms with Crippen LogP contribution in [0.2, 0.25) is 0 Å². The largest absolute Gasteiger partial charge is 0.456 e. The van der Waals surface area contributed by atoms with E-state index in [0.29, 0.717) is 5.84 Å². The highest BCUT2D eigenvalue weighted by atomic mass is 16.3. The molecule has 0 spiro atoms. The normalized spacial score (nSPS) is 15.4. The van der Waals surface area contributed by atoms with Crippen molar-refractivity contribution in [3.05, 3.63) is 138 Å². The fraction of sp³-hybridized carbons (Fsp3) is 0.0294. The van der Waals surface area contributed by atoms with E-state index in [1.807, 2.05) is 42.5 Å². The molecule has 8 rings (SSSR count). The molecule has 1 N–H and O–H groups in total. The van der Waals surface area contributed by atoms with Gasteiger partial charge in [0.25, 0.3) is 0 Å². The number of rotatable bonds is 3. The number of amidine groups is 2. The Labute approximate surface area is 224 Å². The van der Waals surface area contributed by atoms with Crippen molar-refractivity contribution >= 4 is 55.3 Å². The van der Waals surface area contributed by atoms with E-state index >= 15 is 0 Å². The maximum absolute atomic E-state index is 6.30. The summed E-state index contributed by atoms with van der Waals surface area (Å²) in [5.41, 5.74) is 5.54. The zero-order valence-corrected chi connectivity index (χ0v) is 20.9. The quantitative estimate of drug-likeness (QED) is 0.268. The Kier molecular flexibility index (Phi) is 4.82. The molecular weight excluding hydrogens is 480 g/mol. The van der Waals surface area contributed by atoms with Gasteiger partial charge in [-0.15, -0.1) is 0 Å². The lowest BCUT2D eigenvalue weighted by Crippen LogP contribution is -2.33. The van der Waals surface area contributed by atoms with Gasteiger partial charge in [-0.05, 0) is 40.6 Å². The number of nitrogens with one attached hydrogen (secondary N) is 1. The van der Waals surface area contributed by atoms with Crippen molar-refractivity contribution in [2.24, 2.45) is 9.98 Å². The van der Waals surface area contributed by atoms with Crippen LogP contribution < -0.4 is 5.32 Å². The number of hydrogen-bond donors (Lipinski definition) is 1. The first-order valence-corrected chi connectivity index (χ1v) is 13.0. The lowest BCUT2D eigenvalue weighted by Gasteiger charge is -2.24. The van der Waals surface area contributed by atoms with Crippen LogP contribution in [0.5, 0.6) is 0 Å². The Morgan fingerprint density at radius 3 is 2.44 bits per heavy atom. The van der Waals surface area contributed by atoms with Crippen molar-refractivity contribution in [2.75, 3.05) is 0 Å². The predicted molar refractivity (Wildman–Crippen MR) is 158 cm³/mol. The Morgan fingerprint density at radius 1 is 0.667 bits per heavy atom. The summed E-state index contributed by atoms with van der Waals surface area (Å²) in [6.07, 6.45) is 1.51. The van der Waals surface area contributed by atoms with Crippen molar-refractivity contribution in [1.29, 1.82) is 0 Å². The average Bonchev–Trinajstić information content (AvgIpc) is 3.37. The monoisotopic (exact) mass is 502 g/mol. The van der Waals surface area contributed by atoms with Gasteiger partial charge in [-0.1, -0.05) is 84.9 Å². The third-order valence-electron chi connectivity index (χ3n) is 7.34. The van der Waals surface area contributed by atoms with Gasteiger partial charge in [0.15, 0.2) is 5.84 Å². The smallest absolute Gasteiger partial charge is 0.160 e. The molecule has 0 amide bonds. The Bertz CT molecular complexity index is 2110. The number of fused-ring (bicyclic) bond motifs is 5. The third-order valence-corrected chi connectivity index (χ3v) is 7.34. The summed E-state index contributed by atoms with van der Waals surface area (Å²) in [6.45, 7) is 0. The molecule has 0 saturated heterocycles. The Balaban J connectivity index is 1.35. The van der Waals surface area contributed by atoms with E-state index in [1.54, 1.807) is 6.20 Å². The van der Waals surface area contributed by atoms with Crippen LogP contribution in [0.15, 0.2) is 136 Å². The van der Waals surface area contributed by atoms with E-state index in [2.05, 4.69) is 83.1 Å². The molecule has 1 aliphatic heterocycles. The summed E-state index contributed by atoms with van der Waals surface area (Å²) in [7, 11) is 0. The Morgan fingerprint density at radius 2 is 1.51 bits per heavy atom. The maximum atomic E-state index is 6.30. The Hall–Kier alpha value is -5.29. The standard InChI is InChI=1S/C34H22N4O/c1-2-9-22(10-3-1)32-36-33(25-16-15-21-8-4-5-11-23(21)18-25)38-34(37-32)26-13-6-14-29-31(26)27-19-24-12-7-17-35-28(24)20-30(27)39-29/h1-20,33H,(H,36,37,38).